The Morgan fingerprint density at radius 3 is 2.52 bits per heavy atom. The van der Waals surface area contributed by atoms with E-state index in [4.69, 9.17) is 0 Å². The quantitative estimate of drug-likeness (QED) is 0.886. The van der Waals surface area contributed by atoms with Crippen molar-refractivity contribution in [2.24, 2.45) is 0 Å². The molecule has 1 unspecified atom stereocenters. The molecule has 148 valence electrons. The summed E-state index contributed by atoms with van der Waals surface area (Å²) >= 11 is 0. The first-order chi connectivity index (χ1) is 13.2. The van der Waals surface area contributed by atoms with Crippen LogP contribution >= 0.6 is 0 Å². The molecule has 0 bridgehead atoms. The van der Waals surface area contributed by atoms with Crippen LogP contribution in [-0.2, 0) is 13.0 Å². The van der Waals surface area contributed by atoms with Crippen molar-refractivity contribution in [3.05, 3.63) is 35.4 Å². The molecule has 1 aromatic rings. The maximum absolute atomic E-state index is 12.6. The second-order valence-corrected chi connectivity index (χ2v) is 8.49. The molecule has 27 heavy (non-hydrogen) atoms. The highest BCUT2D eigenvalue weighted by Gasteiger charge is 2.28. The fourth-order valence-electron chi connectivity index (χ4n) is 4.91. The van der Waals surface area contributed by atoms with Gasteiger partial charge in [0.2, 0.25) is 0 Å². The molecule has 4 rings (SSSR count). The number of carbonyl (C=O) groups excluding carboxylic acids is 1. The van der Waals surface area contributed by atoms with Crippen molar-refractivity contribution in [3.8, 4) is 0 Å². The van der Waals surface area contributed by atoms with E-state index in [0.29, 0.717) is 12.1 Å². The molecule has 3 aliphatic rings. The van der Waals surface area contributed by atoms with E-state index in [0.717, 1.165) is 52.0 Å². The van der Waals surface area contributed by atoms with Gasteiger partial charge in [0.05, 0.1) is 0 Å². The van der Waals surface area contributed by atoms with Gasteiger partial charge < -0.3 is 15.1 Å². The van der Waals surface area contributed by atoms with Crippen LogP contribution in [0.5, 0.6) is 0 Å². The molecule has 0 aromatic heterocycles. The van der Waals surface area contributed by atoms with Gasteiger partial charge in [0.1, 0.15) is 0 Å². The second kappa shape index (κ2) is 8.61. The van der Waals surface area contributed by atoms with Gasteiger partial charge in [-0.2, -0.15) is 0 Å². The molecule has 2 fully saturated rings. The Kier molecular flexibility index (Phi) is 5.98. The van der Waals surface area contributed by atoms with E-state index in [2.05, 4.69) is 46.3 Å². The van der Waals surface area contributed by atoms with Crippen LogP contribution in [0.4, 0.5) is 4.79 Å². The highest BCUT2D eigenvalue weighted by atomic mass is 16.2. The molecule has 0 spiro atoms. The number of nitrogens with one attached hydrogen (secondary N) is 1. The van der Waals surface area contributed by atoms with E-state index in [1.165, 1.54) is 37.1 Å². The molecule has 5 heteroatoms. The topological polar surface area (TPSA) is 38.8 Å². The third-order valence-electron chi connectivity index (χ3n) is 6.74. The summed E-state index contributed by atoms with van der Waals surface area (Å²) in [7, 11) is 0. The Labute approximate surface area is 163 Å². The van der Waals surface area contributed by atoms with Crippen molar-refractivity contribution in [2.75, 3.05) is 39.3 Å². The first-order valence-electron chi connectivity index (χ1n) is 10.8. The van der Waals surface area contributed by atoms with Crippen molar-refractivity contribution >= 4 is 6.03 Å². The number of fused-ring (bicyclic) bond motifs is 1. The minimum atomic E-state index is 0.124. The summed E-state index contributed by atoms with van der Waals surface area (Å²) in [5.41, 5.74) is 2.91. The summed E-state index contributed by atoms with van der Waals surface area (Å²) in [6, 6.07) is 9.92. The lowest BCUT2D eigenvalue weighted by Gasteiger charge is -2.37. The van der Waals surface area contributed by atoms with E-state index in [1.807, 2.05) is 4.90 Å². The summed E-state index contributed by atoms with van der Waals surface area (Å²) < 4.78 is 0. The lowest BCUT2D eigenvalue weighted by atomic mass is 9.99. The molecule has 0 aliphatic carbocycles. The lowest BCUT2D eigenvalue weighted by Crippen LogP contribution is -2.51. The number of hydrogen-bond acceptors (Lipinski definition) is 3. The second-order valence-electron chi connectivity index (χ2n) is 8.49. The van der Waals surface area contributed by atoms with Gasteiger partial charge >= 0.3 is 6.03 Å². The number of amides is 2. The van der Waals surface area contributed by atoms with Crippen LogP contribution in [0.3, 0.4) is 0 Å². The minimum Gasteiger partial charge on any atom is -0.336 e. The number of nitrogens with zero attached hydrogens (tertiary/aromatic N) is 3. The van der Waals surface area contributed by atoms with Crippen LogP contribution in [-0.4, -0.2) is 72.1 Å². The zero-order valence-electron chi connectivity index (χ0n) is 16.7. The number of rotatable bonds is 4. The predicted molar refractivity (Wildman–Crippen MR) is 109 cm³/mol. The molecular formula is C22H34N4O. The predicted octanol–water partition coefficient (Wildman–Crippen LogP) is 2.70. The molecule has 0 saturated carbocycles. The smallest absolute Gasteiger partial charge is 0.317 e. The monoisotopic (exact) mass is 370 g/mol. The Morgan fingerprint density at radius 2 is 1.78 bits per heavy atom. The third kappa shape index (κ3) is 4.46. The Morgan fingerprint density at radius 1 is 1.07 bits per heavy atom. The lowest BCUT2D eigenvalue weighted by molar-refractivity contribution is 0.130. The number of benzene rings is 1. The average molecular weight is 371 g/mol. The van der Waals surface area contributed by atoms with Crippen LogP contribution in [0.1, 0.15) is 43.7 Å². The molecule has 1 aromatic carbocycles. The van der Waals surface area contributed by atoms with Gasteiger partial charge in [-0.3, -0.25) is 4.90 Å². The molecular weight excluding hydrogens is 336 g/mol. The van der Waals surface area contributed by atoms with Crippen molar-refractivity contribution < 1.29 is 4.79 Å². The van der Waals surface area contributed by atoms with E-state index in [-0.39, 0.29) is 6.03 Å². The van der Waals surface area contributed by atoms with Crippen LogP contribution in [0, 0.1) is 0 Å². The molecule has 3 heterocycles. The van der Waals surface area contributed by atoms with Gasteiger partial charge in [-0.05, 0) is 63.2 Å². The Hall–Kier alpha value is -1.59. The van der Waals surface area contributed by atoms with Crippen molar-refractivity contribution in [1.82, 2.24) is 20.0 Å². The fourth-order valence-corrected chi connectivity index (χ4v) is 4.91. The van der Waals surface area contributed by atoms with Gasteiger partial charge in [-0.15, -0.1) is 0 Å². The highest BCUT2D eigenvalue weighted by Crippen LogP contribution is 2.22. The van der Waals surface area contributed by atoms with Crippen LogP contribution < -0.4 is 5.32 Å². The first kappa shape index (κ1) is 18.8. The summed E-state index contributed by atoms with van der Waals surface area (Å²) in [6.45, 7) is 9.35. The van der Waals surface area contributed by atoms with E-state index in [9.17, 15) is 4.79 Å². The SMILES string of the molecule is CC(CNC(=O)N1CCC(N2CCCC2)CC1)N1CCc2ccccc2C1. The fraction of sp³-hybridized carbons (Fsp3) is 0.682. The number of carbonyl (C=O) groups is 1. The summed E-state index contributed by atoms with van der Waals surface area (Å²) in [5.74, 6) is 0. The minimum absolute atomic E-state index is 0.124. The van der Waals surface area contributed by atoms with Crippen molar-refractivity contribution in [2.45, 2.75) is 57.7 Å². The number of hydrogen-bond donors (Lipinski definition) is 1. The maximum Gasteiger partial charge on any atom is 0.317 e. The summed E-state index contributed by atoms with van der Waals surface area (Å²) in [5, 5.41) is 3.19. The van der Waals surface area contributed by atoms with E-state index < -0.39 is 0 Å². The van der Waals surface area contributed by atoms with Crippen molar-refractivity contribution in [1.29, 1.82) is 0 Å². The van der Waals surface area contributed by atoms with Gasteiger partial charge in [0, 0.05) is 44.8 Å². The molecule has 0 radical (unpaired) electrons. The first-order valence-corrected chi connectivity index (χ1v) is 10.8. The molecule has 3 aliphatic heterocycles. The number of piperidine rings is 1. The van der Waals surface area contributed by atoms with Crippen LogP contribution in [0.25, 0.3) is 0 Å². The molecule has 5 nitrogen and oxygen atoms in total. The van der Waals surface area contributed by atoms with Gasteiger partial charge in [-0.1, -0.05) is 24.3 Å². The zero-order valence-corrected chi connectivity index (χ0v) is 16.7. The zero-order chi connectivity index (χ0) is 18.6. The van der Waals surface area contributed by atoms with Crippen LogP contribution in [0.2, 0.25) is 0 Å². The molecule has 2 amide bonds. The van der Waals surface area contributed by atoms with Gasteiger partial charge in [0.25, 0.3) is 0 Å². The van der Waals surface area contributed by atoms with Crippen LogP contribution in [0.15, 0.2) is 24.3 Å². The Balaban J connectivity index is 1.20. The standard InChI is InChI=1S/C22H34N4O/c1-18(26-13-8-19-6-2-3-7-20(19)17-26)16-23-22(27)25-14-9-21(10-15-25)24-11-4-5-12-24/h2-3,6-7,18,21H,4-5,8-17H2,1H3,(H,23,27). The normalized spacial score (nSPS) is 23.2. The Bertz CT molecular complexity index is 635. The molecule has 1 N–H and O–H groups in total. The molecule has 2 saturated heterocycles. The van der Waals surface area contributed by atoms with Gasteiger partial charge in [0.15, 0.2) is 0 Å². The molecule has 1 atom stereocenters. The largest absolute Gasteiger partial charge is 0.336 e. The third-order valence-corrected chi connectivity index (χ3v) is 6.74. The maximum atomic E-state index is 12.6. The summed E-state index contributed by atoms with van der Waals surface area (Å²) in [6.07, 6.45) is 6.06. The van der Waals surface area contributed by atoms with E-state index in [1.54, 1.807) is 0 Å². The summed E-state index contributed by atoms with van der Waals surface area (Å²) in [4.78, 5) is 19.7. The van der Waals surface area contributed by atoms with Crippen molar-refractivity contribution in [3.63, 3.8) is 0 Å². The number of urea groups is 1. The van der Waals surface area contributed by atoms with E-state index >= 15 is 0 Å². The highest BCUT2D eigenvalue weighted by molar-refractivity contribution is 5.74. The average Bonchev–Trinajstić information content (AvgIpc) is 3.26. The number of likely N-dealkylation sites (tertiary alicyclic amines) is 2. The van der Waals surface area contributed by atoms with Gasteiger partial charge in [-0.25, -0.2) is 4.79 Å².